The Kier molecular flexibility index (Phi) is 3.36. The molecule has 0 amide bonds. The van der Waals surface area contributed by atoms with Crippen LogP contribution in [0.25, 0.3) is 5.70 Å². The van der Waals surface area contributed by atoms with Crippen molar-refractivity contribution in [2.75, 3.05) is 6.54 Å². The van der Waals surface area contributed by atoms with E-state index in [1.807, 2.05) is 0 Å². The lowest BCUT2D eigenvalue weighted by Gasteiger charge is -2.20. The van der Waals surface area contributed by atoms with Crippen molar-refractivity contribution in [3.8, 4) is 0 Å². The Morgan fingerprint density at radius 3 is 2.65 bits per heavy atom. The SMILES string of the molecule is Br.CC1(C)CN2C(c3ccccc3)=CSC2=N1. The number of hydrogen-bond acceptors (Lipinski definition) is 3. The van der Waals surface area contributed by atoms with Gasteiger partial charge >= 0.3 is 0 Å². The number of rotatable bonds is 1. The summed E-state index contributed by atoms with van der Waals surface area (Å²) in [5.74, 6) is 0. The van der Waals surface area contributed by atoms with Crippen LogP contribution in [0, 0.1) is 0 Å². The lowest BCUT2D eigenvalue weighted by atomic mass is 10.1. The molecule has 0 saturated carbocycles. The third-order valence-electron chi connectivity index (χ3n) is 2.81. The minimum Gasteiger partial charge on any atom is -0.317 e. The average molecular weight is 311 g/mol. The molecule has 2 aliphatic heterocycles. The molecule has 2 heterocycles. The van der Waals surface area contributed by atoms with Crippen LogP contribution in [0.2, 0.25) is 0 Å². The summed E-state index contributed by atoms with van der Waals surface area (Å²) in [7, 11) is 0. The molecule has 0 saturated heterocycles. The summed E-state index contributed by atoms with van der Waals surface area (Å²) in [4.78, 5) is 7.03. The van der Waals surface area contributed by atoms with Gasteiger partial charge in [-0.3, -0.25) is 4.99 Å². The van der Waals surface area contributed by atoms with Crippen LogP contribution in [-0.4, -0.2) is 22.2 Å². The molecular weight excluding hydrogens is 296 g/mol. The Bertz CT molecular complexity index is 479. The fourth-order valence-corrected chi connectivity index (χ4v) is 3.16. The molecule has 0 aliphatic carbocycles. The number of halogens is 1. The Labute approximate surface area is 117 Å². The standard InChI is InChI=1S/C13H14N2S.BrH/c1-13(2)9-15-11(8-16-12(15)14-13)10-6-4-3-5-7-10;/h3-8H,9H2,1-2H3;1H. The third kappa shape index (κ3) is 2.29. The predicted octanol–water partition coefficient (Wildman–Crippen LogP) is 3.76. The lowest BCUT2D eigenvalue weighted by molar-refractivity contribution is 0.465. The molecule has 0 fully saturated rings. The topological polar surface area (TPSA) is 15.6 Å². The molecule has 17 heavy (non-hydrogen) atoms. The van der Waals surface area contributed by atoms with Gasteiger partial charge in [0, 0.05) is 12.0 Å². The van der Waals surface area contributed by atoms with Crippen molar-refractivity contribution in [3.63, 3.8) is 0 Å². The van der Waals surface area contributed by atoms with Crippen LogP contribution in [-0.2, 0) is 0 Å². The number of nitrogens with zero attached hydrogens (tertiary/aromatic N) is 2. The fourth-order valence-electron chi connectivity index (χ4n) is 2.09. The van der Waals surface area contributed by atoms with Gasteiger partial charge in [0.05, 0.1) is 11.2 Å². The van der Waals surface area contributed by atoms with E-state index in [-0.39, 0.29) is 22.5 Å². The highest BCUT2D eigenvalue weighted by atomic mass is 79.9. The second-order valence-corrected chi connectivity index (χ2v) is 5.62. The van der Waals surface area contributed by atoms with Gasteiger partial charge in [0.1, 0.15) is 0 Å². The van der Waals surface area contributed by atoms with E-state index in [0.29, 0.717) is 0 Å². The maximum atomic E-state index is 4.71. The molecule has 3 rings (SSSR count). The molecule has 2 aliphatic rings. The quantitative estimate of drug-likeness (QED) is 0.785. The summed E-state index contributed by atoms with van der Waals surface area (Å²) < 4.78 is 0. The van der Waals surface area contributed by atoms with E-state index in [1.165, 1.54) is 11.3 Å². The lowest BCUT2D eigenvalue weighted by Crippen LogP contribution is -2.28. The van der Waals surface area contributed by atoms with E-state index in [1.54, 1.807) is 11.8 Å². The van der Waals surface area contributed by atoms with Crippen molar-refractivity contribution < 1.29 is 0 Å². The van der Waals surface area contributed by atoms with Crippen molar-refractivity contribution in [2.24, 2.45) is 4.99 Å². The highest BCUT2D eigenvalue weighted by Crippen LogP contribution is 2.39. The van der Waals surface area contributed by atoms with Gasteiger partial charge in [0.15, 0.2) is 5.17 Å². The smallest absolute Gasteiger partial charge is 0.168 e. The van der Waals surface area contributed by atoms with Crippen LogP contribution < -0.4 is 0 Å². The van der Waals surface area contributed by atoms with E-state index in [2.05, 4.69) is 54.5 Å². The Balaban J connectivity index is 0.00000108. The zero-order valence-electron chi connectivity index (χ0n) is 9.88. The van der Waals surface area contributed by atoms with E-state index < -0.39 is 0 Å². The number of hydrogen-bond donors (Lipinski definition) is 0. The van der Waals surface area contributed by atoms with Crippen LogP contribution in [0.15, 0.2) is 40.7 Å². The Morgan fingerprint density at radius 1 is 1.24 bits per heavy atom. The third-order valence-corrected chi connectivity index (χ3v) is 3.67. The number of benzene rings is 1. The van der Waals surface area contributed by atoms with Crippen molar-refractivity contribution >= 4 is 39.6 Å². The van der Waals surface area contributed by atoms with Crippen molar-refractivity contribution in [1.82, 2.24) is 4.90 Å². The first-order valence-corrected chi connectivity index (χ1v) is 6.33. The summed E-state index contributed by atoms with van der Waals surface area (Å²) in [6.45, 7) is 5.35. The second kappa shape index (κ2) is 4.50. The first-order valence-electron chi connectivity index (χ1n) is 5.45. The van der Waals surface area contributed by atoms with Gasteiger partial charge < -0.3 is 4.90 Å². The number of fused-ring (bicyclic) bond motifs is 1. The van der Waals surface area contributed by atoms with Crippen LogP contribution >= 0.6 is 28.7 Å². The Morgan fingerprint density at radius 2 is 1.94 bits per heavy atom. The molecular formula is C13H15BrN2S. The number of amidine groups is 1. The summed E-state index contributed by atoms with van der Waals surface area (Å²) in [5, 5.41) is 3.34. The number of aliphatic imine (C=N–C) groups is 1. The van der Waals surface area contributed by atoms with Gasteiger partial charge in [-0.05, 0) is 19.4 Å². The molecule has 0 atom stereocenters. The molecule has 1 aromatic rings. The van der Waals surface area contributed by atoms with Gasteiger partial charge in [0.2, 0.25) is 0 Å². The van der Waals surface area contributed by atoms with Gasteiger partial charge in [-0.2, -0.15) is 0 Å². The van der Waals surface area contributed by atoms with E-state index >= 15 is 0 Å². The first-order chi connectivity index (χ1) is 7.66. The van der Waals surface area contributed by atoms with Gasteiger partial charge in [0.25, 0.3) is 0 Å². The summed E-state index contributed by atoms with van der Waals surface area (Å²) >= 11 is 1.73. The highest BCUT2D eigenvalue weighted by Gasteiger charge is 2.36. The second-order valence-electron chi connectivity index (χ2n) is 4.78. The van der Waals surface area contributed by atoms with E-state index in [4.69, 9.17) is 4.99 Å². The molecule has 1 aromatic carbocycles. The maximum Gasteiger partial charge on any atom is 0.168 e. The van der Waals surface area contributed by atoms with Gasteiger partial charge in [-0.25, -0.2) is 0 Å². The van der Waals surface area contributed by atoms with Crippen LogP contribution in [0.5, 0.6) is 0 Å². The molecule has 0 N–H and O–H groups in total. The molecule has 0 bridgehead atoms. The minimum absolute atomic E-state index is 0. The number of thioether (sulfide) groups is 1. The predicted molar refractivity (Wildman–Crippen MR) is 80.6 cm³/mol. The fraction of sp³-hybridized carbons (Fsp3) is 0.308. The van der Waals surface area contributed by atoms with Crippen molar-refractivity contribution in [1.29, 1.82) is 0 Å². The van der Waals surface area contributed by atoms with Gasteiger partial charge in [-0.15, -0.1) is 17.0 Å². The van der Waals surface area contributed by atoms with Gasteiger partial charge in [-0.1, -0.05) is 42.1 Å². The molecule has 4 heteroatoms. The highest BCUT2D eigenvalue weighted by molar-refractivity contribution is 8.93. The summed E-state index contributed by atoms with van der Waals surface area (Å²) in [6, 6.07) is 10.5. The van der Waals surface area contributed by atoms with E-state index in [9.17, 15) is 0 Å². The summed E-state index contributed by atoms with van der Waals surface area (Å²) in [5.41, 5.74) is 2.62. The molecule has 90 valence electrons. The molecule has 0 radical (unpaired) electrons. The largest absolute Gasteiger partial charge is 0.317 e. The normalized spacial score (nSPS) is 20.5. The molecule has 0 spiro atoms. The minimum atomic E-state index is 0. The van der Waals surface area contributed by atoms with Crippen molar-refractivity contribution in [2.45, 2.75) is 19.4 Å². The van der Waals surface area contributed by atoms with Crippen LogP contribution in [0.1, 0.15) is 19.4 Å². The summed E-state index contributed by atoms with van der Waals surface area (Å²) in [6.07, 6.45) is 0. The molecule has 0 unspecified atom stereocenters. The molecule has 0 aromatic heterocycles. The zero-order chi connectivity index (χ0) is 11.2. The Hall–Kier alpha value is -0.740. The van der Waals surface area contributed by atoms with E-state index in [0.717, 1.165) is 11.7 Å². The monoisotopic (exact) mass is 310 g/mol. The van der Waals surface area contributed by atoms with Crippen molar-refractivity contribution in [3.05, 3.63) is 41.3 Å². The maximum absolute atomic E-state index is 4.71. The first kappa shape index (κ1) is 12.7. The van der Waals surface area contributed by atoms with Crippen LogP contribution in [0.4, 0.5) is 0 Å². The van der Waals surface area contributed by atoms with Crippen LogP contribution in [0.3, 0.4) is 0 Å². The molecule has 2 nitrogen and oxygen atoms in total. The average Bonchev–Trinajstić information content (AvgIpc) is 2.74. The zero-order valence-corrected chi connectivity index (χ0v) is 12.4.